The molecule has 96 valence electrons. The highest BCUT2D eigenvalue weighted by Gasteiger charge is 2.09. The Bertz CT molecular complexity index is 359. The molecule has 1 aromatic rings. The van der Waals surface area contributed by atoms with Crippen molar-refractivity contribution in [1.82, 2.24) is 5.32 Å². The van der Waals surface area contributed by atoms with Crippen molar-refractivity contribution in [2.24, 2.45) is 0 Å². The molecule has 0 spiro atoms. The van der Waals surface area contributed by atoms with Gasteiger partial charge < -0.3 is 10.4 Å². The van der Waals surface area contributed by atoms with E-state index < -0.39 is 0 Å². The Morgan fingerprint density at radius 3 is 2.65 bits per heavy atom. The van der Waals surface area contributed by atoms with Crippen molar-refractivity contribution in [1.29, 1.82) is 0 Å². The lowest BCUT2D eigenvalue weighted by Gasteiger charge is -2.15. The summed E-state index contributed by atoms with van der Waals surface area (Å²) in [5.74, 6) is 0. The molecule has 0 aliphatic heterocycles. The molecule has 2 nitrogen and oxygen atoms in total. The minimum atomic E-state index is 0.201. The van der Waals surface area contributed by atoms with E-state index in [2.05, 4.69) is 53.3 Å². The minimum absolute atomic E-state index is 0.201. The van der Waals surface area contributed by atoms with Gasteiger partial charge in [-0.15, -0.1) is 11.8 Å². The summed E-state index contributed by atoms with van der Waals surface area (Å²) in [5.41, 5.74) is 1.28. The maximum absolute atomic E-state index is 9.05. The van der Waals surface area contributed by atoms with Gasteiger partial charge in [-0.25, -0.2) is 0 Å². The third kappa shape index (κ3) is 4.62. The van der Waals surface area contributed by atoms with Crippen LogP contribution >= 0.6 is 27.7 Å². The normalized spacial score (nSPS) is 14.6. The largest absolute Gasteiger partial charge is 0.395 e. The first-order valence-corrected chi connectivity index (χ1v) is 7.56. The fraction of sp³-hybridized carbons (Fsp3) is 0.538. The number of halogens is 1. The first-order chi connectivity index (χ1) is 8.08. The van der Waals surface area contributed by atoms with Crippen molar-refractivity contribution in [3.05, 3.63) is 28.2 Å². The van der Waals surface area contributed by atoms with E-state index in [0.717, 1.165) is 11.0 Å². The molecule has 2 atom stereocenters. The molecule has 4 heteroatoms. The number of hydrogen-bond acceptors (Lipinski definition) is 3. The van der Waals surface area contributed by atoms with Gasteiger partial charge in [-0.2, -0.15) is 0 Å². The van der Waals surface area contributed by atoms with Crippen LogP contribution in [0.15, 0.2) is 27.6 Å². The SMILES string of the molecule is CCNC(C)c1ccc(SC(C)CO)c(Br)c1. The van der Waals surface area contributed by atoms with Crippen LogP contribution in [0.4, 0.5) is 0 Å². The summed E-state index contributed by atoms with van der Waals surface area (Å²) in [7, 11) is 0. The van der Waals surface area contributed by atoms with Gasteiger partial charge in [0.2, 0.25) is 0 Å². The van der Waals surface area contributed by atoms with Crippen LogP contribution in [-0.2, 0) is 0 Å². The van der Waals surface area contributed by atoms with E-state index in [4.69, 9.17) is 5.11 Å². The van der Waals surface area contributed by atoms with Gasteiger partial charge >= 0.3 is 0 Å². The minimum Gasteiger partial charge on any atom is -0.395 e. The van der Waals surface area contributed by atoms with Crippen LogP contribution in [0, 0.1) is 0 Å². The van der Waals surface area contributed by atoms with Crippen LogP contribution in [0.3, 0.4) is 0 Å². The Kier molecular flexibility index (Phi) is 6.55. The van der Waals surface area contributed by atoms with Gasteiger partial charge in [0, 0.05) is 20.7 Å². The molecular weight excluding hydrogens is 298 g/mol. The monoisotopic (exact) mass is 317 g/mol. The van der Waals surface area contributed by atoms with E-state index in [1.165, 1.54) is 10.5 Å². The summed E-state index contributed by atoms with van der Waals surface area (Å²) in [6.07, 6.45) is 0. The van der Waals surface area contributed by atoms with Crippen LogP contribution < -0.4 is 5.32 Å². The molecule has 0 saturated heterocycles. The molecule has 0 aromatic heterocycles. The third-order valence-corrected chi connectivity index (χ3v) is 4.63. The van der Waals surface area contributed by atoms with Gasteiger partial charge in [-0.1, -0.05) is 19.9 Å². The summed E-state index contributed by atoms with van der Waals surface area (Å²) in [6.45, 7) is 7.46. The van der Waals surface area contributed by atoms with E-state index in [-0.39, 0.29) is 11.9 Å². The van der Waals surface area contributed by atoms with Gasteiger partial charge in [-0.3, -0.25) is 0 Å². The highest BCUT2D eigenvalue weighted by Crippen LogP contribution is 2.32. The maximum atomic E-state index is 9.05. The number of thioether (sulfide) groups is 1. The van der Waals surface area contributed by atoms with Crippen molar-refractivity contribution in [3.63, 3.8) is 0 Å². The van der Waals surface area contributed by atoms with E-state index in [0.29, 0.717) is 6.04 Å². The highest BCUT2D eigenvalue weighted by atomic mass is 79.9. The Balaban J connectivity index is 2.78. The van der Waals surface area contributed by atoms with Gasteiger partial charge in [-0.05, 0) is 47.1 Å². The van der Waals surface area contributed by atoms with E-state index in [9.17, 15) is 0 Å². The molecule has 0 radical (unpaired) electrons. The van der Waals surface area contributed by atoms with Crippen molar-refractivity contribution in [3.8, 4) is 0 Å². The van der Waals surface area contributed by atoms with E-state index in [1.54, 1.807) is 11.8 Å². The smallest absolute Gasteiger partial charge is 0.0550 e. The van der Waals surface area contributed by atoms with Crippen molar-refractivity contribution >= 4 is 27.7 Å². The number of nitrogens with one attached hydrogen (secondary N) is 1. The molecule has 0 bridgehead atoms. The zero-order valence-corrected chi connectivity index (χ0v) is 12.9. The number of benzene rings is 1. The summed E-state index contributed by atoms with van der Waals surface area (Å²) in [5, 5.41) is 12.7. The average molecular weight is 318 g/mol. The van der Waals surface area contributed by atoms with Gasteiger partial charge in [0.1, 0.15) is 0 Å². The summed E-state index contributed by atoms with van der Waals surface area (Å²) in [4.78, 5) is 1.18. The molecule has 0 heterocycles. The van der Waals surface area contributed by atoms with Crippen molar-refractivity contribution in [2.75, 3.05) is 13.2 Å². The van der Waals surface area contributed by atoms with Gasteiger partial charge in [0.25, 0.3) is 0 Å². The summed E-state index contributed by atoms with van der Waals surface area (Å²) in [6, 6.07) is 6.78. The van der Waals surface area contributed by atoms with E-state index >= 15 is 0 Å². The number of rotatable bonds is 6. The molecule has 0 fully saturated rings. The summed E-state index contributed by atoms with van der Waals surface area (Å²) >= 11 is 5.28. The standard InChI is InChI=1S/C13H20BrNOS/c1-4-15-10(3)11-5-6-13(12(14)7-11)17-9(2)8-16/h5-7,9-10,15-16H,4,8H2,1-3H3. The molecule has 2 unspecified atom stereocenters. The van der Waals surface area contributed by atoms with E-state index in [1.807, 2.05) is 6.92 Å². The maximum Gasteiger partial charge on any atom is 0.0550 e. The topological polar surface area (TPSA) is 32.3 Å². The molecule has 1 rings (SSSR count). The molecule has 0 saturated carbocycles. The lowest BCUT2D eigenvalue weighted by atomic mass is 10.1. The van der Waals surface area contributed by atoms with Gasteiger partial charge in [0.15, 0.2) is 0 Å². The molecule has 1 aromatic carbocycles. The molecule has 0 aliphatic rings. The second-order valence-corrected chi connectivity index (χ2v) is 6.41. The lowest BCUT2D eigenvalue weighted by molar-refractivity contribution is 0.300. The van der Waals surface area contributed by atoms with Crippen LogP contribution in [0.2, 0.25) is 0 Å². The molecular formula is C13H20BrNOS. The summed E-state index contributed by atoms with van der Waals surface area (Å²) < 4.78 is 1.10. The Morgan fingerprint density at radius 1 is 1.41 bits per heavy atom. The van der Waals surface area contributed by atoms with Crippen LogP contribution in [0.1, 0.15) is 32.4 Å². The van der Waals surface area contributed by atoms with Crippen LogP contribution in [-0.4, -0.2) is 23.5 Å². The predicted molar refractivity (Wildman–Crippen MR) is 78.6 cm³/mol. The first-order valence-electron chi connectivity index (χ1n) is 5.88. The quantitative estimate of drug-likeness (QED) is 0.786. The molecule has 2 N–H and O–H groups in total. The fourth-order valence-electron chi connectivity index (χ4n) is 1.56. The Labute approximate surface area is 116 Å². The van der Waals surface area contributed by atoms with Crippen LogP contribution in [0.5, 0.6) is 0 Å². The first kappa shape index (κ1) is 15.0. The zero-order chi connectivity index (χ0) is 12.8. The second kappa shape index (κ2) is 7.41. The second-order valence-electron chi connectivity index (χ2n) is 4.08. The average Bonchev–Trinajstić information content (AvgIpc) is 2.31. The molecule has 0 amide bonds. The van der Waals surface area contributed by atoms with Crippen LogP contribution in [0.25, 0.3) is 0 Å². The number of hydrogen-bond donors (Lipinski definition) is 2. The number of aliphatic hydroxyl groups is 1. The highest BCUT2D eigenvalue weighted by molar-refractivity contribution is 9.10. The molecule has 17 heavy (non-hydrogen) atoms. The molecule has 0 aliphatic carbocycles. The zero-order valence-electron chi connectivity index (χ0n) is 10.5. The lowest BCUT2D eigenvalue weighted by Crippen LogP contribution is -2.17. The fourth-order valence-corrected chi connectivity index (χ4v) is 3.06. The van der Waals surface area contributed by atoms with Crippen molar-refractivity contribution in [2.45, 2.75) is 37.0 Å². The number of aliphatic hydroxyl groups excluding tert-OH is 1. The van der Waals surface area contributed by atoms with Gasteiger partial charge in [0.05, 0.1) is 6.61 Å². The Hall–Kier alpha value is -0.0300. The Morgan fingerprint density at radius 2 is 2.12 bits per heavy atom. The van der Waals surface area contributed by atoms with Crippen molar-refractivity contribution < 1.29 is 5.11 Å². The predicted octanol–water partition coefficient (Wildman–Crippen LogP) is 3.59. The third-order valence-electron chi connectivity index (χ3n) is 2.55.